The van der Waals surface area contributed by atoms with Crippen LogP contribution in [0.5, 0.6) is 5.75 Å². The zero-order valence-electron chi connectivity index (χ0n) is 14.0. The molecule has 0 bridgehead atoms. The van der Waals surface area contributed by atoms with Crippen LogP contribution in [0.4, 0.5) is 5.69 Å². The van der Waals surface area contributed by atoms with E-state index in [2.05, 4.69) is 24.1 Å². The number of aromatic nitrogens is 1. The van der Waals surface area contributed by atoms with Crippen molar-refractivity contribution in [3.63, 3.8) is 0 Å². The smallest absolute Gasteiger partial charge is 0.262 e. The molecule has 1 heterocycles. The Labute approximate surface area is 145 Å². The SMILES string of the molecule is Cc1nc2cc(NC(=O)COc3ccc(C(C)C)cc3)ccc2s1. The van der Waals surface area contributed by atoms with Crippen molar-refractivity contribution in [1.29, 1.82) is 0 Å². The fourth-order valence-corrected chi connectivity index (χ4v) is 3.22. The predicted molar refractivity (Wildman–Crippen MR) is 99.0 cm³/mol. The number of hydrogen-bond donors (Lipinski definition) is 1. The molecule has 124 valence electrons. The minimum atomic E-state index is -0.186. The van der Waals surface area contributed by atoms with Gasteiger partial charge in [-0.15, -0.1) is 11.3 Å². The molecule has 2 aromatic carbocycles. The Morgan fingerprint density at radius 2 is 1.96 bits per heavy atom. The van der Waals surface area contributed by atoms with Crippen molar-refractivity contribution >= 4 is 33.1 Å². The Bertz CT molecular complexity index is 853. The third-order valence-electron chi connectivity index (χ3n) is 3.69. The van der Waals surface area contributed by atoms with Gasteiger partial charge in [0, 0.05) is 5.69 Å². The number of aryl methyl sites for hydroxylation is 1. The summed E-state index contributed by atoms with van der Waals surface area (Å²) in [6.07, 6.45) is 0. The first-order valence-electron chi connectivity index (χ1n) is 7.91. The van der Waals surface area contributed by atoms with E-state index in [1.807, 2.05) is 49.4 Å². The summed E-state index contributed by atoms with van der Waals surface area (Å²) in [7, 11) is 0. The van der Waals surface area contributed by atoms with Crippen LogP contribution in [0.1, 0.15) is 30.3 Å². The summed E-state index contributed by atoms with van der Waals surface area (Å²) in [5.41, 5.74) is 2.88. The van der Waals surface area contributed by atoms with Crippen molar-refractivity contribution in [2.75, 3.05) is 11.9 Å². The molecular formula is C19H20N2O2S. The summed E-state index contributed by atoms with van der Waals surface area (Å²) < 4.78 is 6.66. The van der Waals surface area contributed by atoms with E-state index in [-0.39, 0.29) is 12.5 Å². The number of amides is 1. The molecule has 0 saturated heterocycles. The molecule has 0 atom stereocenters. The van der Waals surface area contributed by atoms with Gasteiger partial charge in [-0.3, -0.25) is 4.79 Å². The van der Waals surface area contributed by atoms with E-state index < -0.39 is 0 Å². The molecule has 0 fully saturated rings. The Balaban J connectivity index is 1.58. The van der Waals surface area contributed by atoms with E-state index in [9.17, 15) is 4.79 Å². The van der Waals surface area contributed by atoms with E-state index >= 15 is 0 Å². The van der Waals surface area contributed by atoms with Crippen LogP contribution in [-0.4, -0.2) is 17.5 Å². The number of nitrogens with one attached hydrogen (secondary N) is 1. The number of ether oxygens (including phenoxy) is 1. The van der Waals surface area contributed by atoms with Crippen LogP contribution in [0.3, 0.4) is 0 Å². The van der Waals surface area contributed by atoms with Crippen molar-refractivity contribution in [1.82, 2.24) is 4.98 Å². The van der Waals surface area contributed by atoms with E-state index in [0.717, 1.165) is 20.9 Å². The maximum Gasteiger partial charge on any atom is 0.262 e. The van der Waals surface area contributed by atoms with Gasteiger partial charge in [0.2, 0.25) is 0 Å². The third kappa shape index (κ3) is 3.92. The molecule has 0 unspecified atom stereocenters. The number of thiazole rings is 1. The van der Waals surface area contributed by atoms with Crippen molar-refractivity contribution in [2.45, 2.75) is 26.7 Å². The summed E-state index contributed by atoms with van der Waals surface area (Å²) >= 11 is 1.64. The molecule has 0 radical (unpaired) electrons. The number of rotatable bonds is 5. The molecule has 1 N–H and O–H groups in total. The number of anilines is 1. The van der Waals surface area contributed by atoms with Gasteiger partial charge in [0.15, 0.2) is 6.61 Å². The summed E-state index contributed by atoms with van der Waals surface area (Å²) in [5, 5.41) is 3.86. The number of hydrogen-bond acceptors (Lipinski definition) is 4. The van der Waals surface area contributed by atoms with Crippen LogP contribution in [0.25, 0.3) is 10.2 Å². The van der Waals surface area contributed by atoms with Gasteiger partial charge in [0.05, 0.1) is 15.2 Å². The molecule has 3 aromatic rings. The Morgan fingerprint density at radius 3 is 2.67 bits per heavy atom. The predicted octanol–water partition coefficient (Wildman–Crippen LogP) is 4.75. The van der Waals surface area contributed by atoms with E-state index in [4.69, 9.17) is 4.74 Å². The first-order chi connectivity index (χ1) is 11.5. The summed E-state index contributed by atoms with van der Waals surface area (Å²) in [4.78, 5) is 16.5. The molecule has 5 heteroatoms. The molecule has 4 nitrogen and oxygen atoms in total. The highest BCUT2D eigenvalue weighted by molar-refractivity contribution is 7.18. The van der Waals surface area contributed by atoms with Crippen LogP contribution < -0.4 is 10.1 Å². The summed E-state index contributed by atoms with van der Waals surface area (Å²) in [6, 6.07) is 13.6. The van der Waals surface area contributed by atoms with E-state index in [1.54, 1.807) is 11.3 Å². The minimum absolute atomic E-state index is 0.0187. The number of carbonyl (C=O) groups excluding carboxylic acids is 1. The lowest BCUT2D eigenvalue weighted by Crippen LogP contribution is -2.20. The van der Waals surface area contributed by atoms with Crippen LogP contribution in [0.15, 0.2) is 42.5 Å². The highest BCUT2D eigenvalue weighted by Gasteiger charge is 2.07. The van der Waals surface area contributed by atoms with Gasteiger partial charge in [0.1, 0.15) is 5.75 Å². The topological polar surface area (TPSA) is 51.2 Å². The number of carbonyl (C=O) groups is 1. The Kier molecular flexibility index (Phi) is 4.81. The lowest BCUT2D eigenvalue weighted by molar-refractivity contribution is -0.118. The molecule has 3 rings (SSSR count). The van der Waals surface area contributed by atoms with Gasteiger partial charge in [-0.2, -0.15) is 0 Å². The quantitative estimate of drug-likeness (QED) is 0.729. The van der Waals surface area contributed by atoms with E-state index in [1.165, 1.54) is 5.56 Å². The lowest BCUT2D eigenvalue weighted by atomic mass is 10.0. The minimum Gasteiger partial charge on any atom is -0.484 e. The van der Waals surface area contributed by atoms with Gasteiger partial charge in [-0.05, 0) is 48.7 Å². The van der Waals surface area contributed by atoms with Crippen molar-refractivity contribution in [3.8, 4) is 5.75 Å². The zero-order chi connectivity index (χ0) is 17.1. The largest absolute Gasteiger partial charge is 0.484 e. The van der Waals surface area contributed by atoms with Gasteiger partial charge in [-0.1, -0.05) is 26.0 Å². The van der Waals surface area contributed by atoms with Crippen molar-refractivity contribution in [3.05, 3.63) is 53.0 Å². The normalized spacial score (nSPS) is 11.0. The average molecular weight is 340 g/mol. The molecule has 0 aliphatic rings. The Hall–Kier alpha value is -2.40. The van der Waals surface area contributed by atoms with Crippen LogP contribution in [-0.2, 0) is 4.79 Å². The fraction of sp³-hybridized carbons (Fsp3) is 0.263. The van der Waals surface area contributed by atoms with Crippen molar-refractivity contribution < 1.29 is 9.53 Å². The average Bonchev–Trinajstić information content (AvgIpc) is 2.92. The summed E-state index contributed by atoms with van der Waals surface area (Å²) in [6.45, 7) is 6.24. The molecular weight excluding hydrogens is 320 g/mol. The molecule has 0 spiro atoms. The first-order valence-corrected chi connectivity index (χ1v) is 8.73. The van der Waals surface area contributed by atoms with Gasteiger partial charge >= 0.3 is 0 Å². The lowest BCUT2D eigenvalue weighted by Gasteiger charge is -2.09. The monoisotopic (exact) mass is 340 g/mol. The number of nitrogens with zero attached hydrogens (tertiary/aromatic N) is 1. The molecule has 0 saturated carbocycles. The number of benzene rings is 2. The number of fused-ring (bicyclic) bond motifs is 1. The second-order valence-electron chi connectivity index (χ2n) is 5.98. The second kappa shape index (κ2) is 7.01. The Morgan fingerprint density at radius 1 is 1.21 bits per heavy atom. The van der Waals surface area contributed by atoms with Gasteiger partial charge < -0.3 is 10.1 Å². The maximum atomic E-state index is 12.0. The zero-order valence-corrected chi connectivity index (χ0v) is 14.8. The van der Waals surface area contributed by atoms with E-state index in [0.29, 0.717) is 11.7 Å². The maximum absolute atomic E-state index is 12.0. The molecule has 1 aromatic heterocycles. The molecule has 0 aliphatic heterocycles. The van der Waals surface area contributed by atoms with Crippen LogP contribution >= 0.6 is 11.3 Å². The third-order valence-corrected chi connectivity index (χ3v) is 4.65. The van der Waals surface area contributed by atoms with Crippen molar-refractivity contribution in [2.24, 2.45) is 0 Å². The van der Waals surface area contributed by atoms with Crippen LogP contribution in [0.2, 0.25) is 0 Å². The first kappa shape index (κ1) is 16.5. The van der Waals surface area contributed by atoms with Crippen LogP contribution in [0, 0.1) is 6.92 Å². The summed E-state index contributed by atoms with van der Waals surface area (Å²) in [5.74, 6) is 0.987. The standard InChI is InChI=1S/C19H20N2O2S/c1-12(2)14-4-7-16(8-5-14)23-11-19(22)21-15-6-9-18-17(10-15)20-13(3)24-18/h4-10,12H,11H2,1-3H3,(H,21,22). The highest BCUT2D eigenvalue weighted by atomic mass is 32.1. The van der Waals surface area contributed by atoms with Gasteiger partial charge in [-0.25, -0.2) is 4.98 Å². The fourth-order valence-electron chi connectivity index (χ4n) is 2.42. The molecule has 1 amide bonds. The van der Waals surface area contributed by atoms with Gasteiger partial charge in [0.25, 0.3) is 5.91 Å². The molecule has 24 heavy (non-hydrogen) atoms. The second-order valence-corrected chi connectivity index (χ2v) is 7.21. The highest BCUT2D eigenvalue weighted by Crippen LogP contribution is 2.24. The molecule has 0 aliphatic carbocycles.